The maximum absolute atomic E-state index is 6.50. The minimum Gasteiger partial charge on any atom is -0.312 e. The monoisotopic (exact) mass is 528 g/mol. The molecule has 2 fully saturated rings. The Morgan fingerprint density at radius 2 is 1.71 bits per heavy atom. The molecule has 0 radical (unpaired) electrons. The third-order valence-electron chi connectivity index (χ3n) is 7.80. The number of nitrogens with zero attached hydrogens (tertiary/aromatic N) is 6. The predicted octanol–water partition coefficient (Wildman–Crippen LogP) is 6.65. The molecule has 1 aliphatic carbocycles. The lowest BCUT2D eigenvalue weighted by atomic mass is 9.88. The van der Waals surface area contributed by atoms with Crippen molar-refractivity contribution in [3.63, 3.8) is 0 Å². The molecule has 3 aliphatic rings. The molecule has 2 aromatic heterocycles. The van der Waals surface area contributed by atoms with E-state index in [1.54, 1.807) is 0 Å². The number of hydrogen-bond acceptors (Lipinski definition) is 5. The van der Waals surface area contributed by atoms with Crippen LogP contribution in [0, 0.1) is 5.92 Å². The molecule has 1 saturated carbocycles. The van der Waals surface area contributed by atoms with Crippen molar-refractivity contribution in [1.29, 1.82) is 0 Å². The van der Waals surface area contributed by atoms with Gasteiger partial charge in [0, 0.05) is 35.4 Å². The Labute approximate surface area is 220 Å². The first-order valence-electron chi connectivity index (χ1n) is 12.4. The van der Waals surface area contributed by atoms with Gasteiger partial charge in [-0.1, -0.05) is 42.1 Å². The summed E-state index contributed by atoms with van der Waals surface area (Å²) in [7, 11) is 0. The average molecular weight is 530 g/mol. The molecule has 0 amide bonds. The lowest BCUT2D eigenvalue weighted by molar-refractivity contribution is 0.0866. The number of likely N-dealkylation sites (tertiary alicyclic amines) is 1. The van der Waals surface area contributed by atoms with E-state index < -0.39 is 5.66 Å². The summed E-state index contributed by atoms with van der Waals surface area (Å²) < 4.78 is 2.19. The normalized spacial score (nSPS) is 23.7. The van der Waals surface area contributed by atoms with E-state index in [4.69, 9.17) is 49.8 Å². The molecule has 0 N–H and O–H groups in total. The number of piperidine rings is 1. The molecule has 4 heterocycles. The summed E-state index contributed by atoms with van der Waals surface area (Å²) in [5.41, 5.74) is 2.69. The van der Waals surface area contributed by atoms with Crippen LogP contribution in [0.3, 0.4) is 0 Å². The van der Waals surface area contributed by atoms with Crippen LogP contribution >= 0.6 is 34.8 Å². The maximum atomic E-state index is 6.50. The van der Waals surface area contributed by atoms with Gasteiger partial charge in [-0.3, -0.25) is 9.89 Å². The fourth-order valence-corrected chi connectivity index (χ4v) is 6.66. The fourth-order valence-electron chi connectivity index (χ4n) is 5.94. The van der Waals surface area contributed by atoms with Gasteiger partial charge in [-0.2, -0.15) is 4.98 Å². The van der Waals surface area contributed by atoms with Gasteiger partial charge in [0.15, 0.2) is 11.3 Å². The summed E-state index contributed by atoms with van der Waals surface area (Å²) in [4.78, 5) is 21.5. The van der Waals surface area contributed by atoms with Crippen molar-refractivity contribution < 1.29 is 0 Å². The molecule has 0 bridgehead atoms. The zero-order valence-electron chi connectivity index (χ0n) is 19.4. The Bertz CT molecular complexity index is 1270. The van der Waals surface area contributed by atoms with Crippen molar-refractivity contribution >= 4 is 52.2 Å². The van der Waals surface area contributed by atoms with Crippen LogP contribution in [0.25, 0.3) is 11.2 Å². The lowest BCUT2D eigenvalue weighted by Gasteiger charge is -2.41. The summed E-state index contributed by atoms with van der Waals surface area (Å²) in [6, 6.07) is 6.15. The highest BCUT2D eigenvalue weighted by molar-refractivity contribution is 6.36. The van der Waals surface area contributed by atoms with Gasteiger partial charge >= 0.3 is 0 Å². The van der Waals surface area contributed by atoms with Gasteiger partial charge in [-0.05, 0) is 79.5 Å². The van der Waals surface area contributed by atoms with Crippen molar-refractivity contribution in [1.82, 2.24) is 24.4 Å². The van der Waals surface area contributed by atoms with Crippen molar-refractivity contribution in [3.05, 3.63) is 63.3 Å². The van der Waals surface area contributed by atoms with Gasteiger partial charge in [-0.25, -0.2) is 9.97 Å². The molecule has 1 aromatic carbocycles. The highest BCUT2D eigenvalue weighted by Crippen LogP contribution is 2.41. The molecule has 2 aliphatic heterocycles. The van der Waals surface area contributed by atoms with Crippen LogP contribution < -0.4 is 0 Å². The first-order valence-corrected chi connectivity index (χ1v) is 13.5. The van der Waals surface area contributed by atoms with E-state index in [2.05, 4.69) is 20.5 Å². The van der Waals surface area contributed by atoms with Crippen molar-refractivity contribution in [2.24, 2.45) is 10.9 Å². The fraction of sp³-hybridized carbons (Fsp3) is 0.462. The van der Waals surface area contributed by atoms with Gasteiger partial charge in [0.05, 0.1) is 6.33 Å². The largest absolute Gasteiger partial charge is 0.312 e. The van der Waals surface area contributed by atoms with E-state index in [-0.39, 0.29) is 5.28 Å². The Morgan fingerprint density at radius 3 is 2.40 bits per heavy atom. The topological polar surface area (TPSA) is 59.2 Å². The molecule has 182 valence electrons. The number of aromatic nitrogens is 4. The summed E-state index contributed by atoms with van der Waals surface area (Å²) in [6.07, 6.45) is 15.6. The van der Waals surface area contributed by atoms with Crippen molar-refractivity contribution in [2.75, 3.05) is 13.1 Å². The Morgan fingerprint density at radius 1 is 0.971 bits per heavy atom. The third kappa shape index (κ3) is 4.18. The van der Waals surface area contributed by atoms with E-state index in [1.807, 2.05) is 36.8 Å². The van der Waals surface area contributed by atoms with Crippen LogP contribution in [0.2, 0.25) is 15.3 Å². The lowest BCUT2D eigenvalue weighted by Crippen LogP contribution is -2.48. The molecule has 6 rings (SSSR count). The highest BCUT2D eigenvalue weighted by atomic mass is 35.5. The van der Waals surface area contributed by atoms with Crippen LogP contribution in [0.5, 0.6) is 0 Å². The first kappa shape index (κ1) is 23.4. The van der Waals surface area contributed by atoms with Crippen molar-refractivity contribution in [2.45, 2.75) is 56.7 Å². The number of rotatable bonds is 5. The van der Waals surface area contributed by atoms with Crippen LogP contribution in [0.4, 0.5) is 0 Å². The second kappa shape index (κ2) is 9.47. The molecule has 0 spiro atoms. The second-order valence-corrected chi connectivity index (χ2v) is 11.0. The quantitative estimate of drug-likeness (QED) is 0.347. The molecule has 1 atom stereocenters. The van der Waals surface area contributed by atoms with E-state index in [1.165, 1.54) is 12.8 Å². The summed E-state index contributed by atoms with van der Waals surface area (Å²) in [5.74, 6) is 0.505. The molecular weight excluding hydrogens is 503 g/mol. The average Bonchev–Trinajstić information content (AvgIpc) is 3.62. The second-order valence-electron chi connectivity index (χ2n) is 9.80. The Hall–Kier alpha value is -1.99. The maximum Gasteiger partial charge on any atom is 0.224 e. The molecule has 9 heteroatoms. The molecule has 3 aromatic rings. The Kier molecular flexibility index (Phi) is 6.33. The summed E-state index contributed by atoms with van der Waals surface area (Å²) >= 11 is 19.4. The molecule has 1 unspecified atom stereocenters. The number of imidazole rings is 1. The van der Waals surface area contributed by atoms with Gasteiger partial charge < -0.3 is 4.57 Å². The standard InChI is InChI=1S/C26H27Cl3N6/c27-20-7-3-8-21(28)19(20)15-17-9-13-34(14-10-17)26(11-4-12-31-26)23-22-24(33-25(29)32-23)35(16-30-22)18-5-1-2-6-18/h3-4,7-8,11-12,16-18H,1-2,5-6,9-10,13-15H2. The molecular formula is C26H27Cl3N6. The summed E-state index contributed by atoms with van der Waals surface area (Å²) in [6.45, 7) is 1.75. The van der Waals surface area contributed by atoms with Gasteiger partial charge in [0.1, 0.15) is 11.2 Å². The number of hydrogen-bond donors (Lipinski definition) is 0. The highest BCUT2D eigenvalue weighted by Gasteiger charge is 2.43. The SMILES string of the molecule is Clc1nc(C2(N3CCC(Cc4c(Cl)cccc4Cl)CC3)C=CC=N2)c2ncn(C3CCCC3)c2n1. The van der Waals surface area contributed by atoms with Crippen LogP contribution in [0.15, 0.2) is 41.7 Å². The zero-order chi connectivity index (χ0) is 24.0. The van der Waals surface area contributed by atoms with Gasteiger partial charge in [0.2, 0.25) is 5.28 Å². The number of aliphatic imine (C=N–C) groups is 1. The molecule has 35 heavy (non-hydrogen) atoms. The number of halogens is 3. The first-order chi connectivity index (χ1) is 17.0. The van der Waals surface area contributed by atoms with E-state index in [9.17, 15) is 0 Å². The van der Waals surface area contributed by atoms with Crippen LogP contribution in [0.1, 0.15) is 55.8 Å². The zero-order valence-corrected chi connectivity index (χ0v) is 21.6. The number of allylic oxidation sites excluding steroid dienone is 1. The Balaban J connectivity index is 1.29. The van der Waals surface area contributed by atoms with Gasteiger partial charge in [-0.15, -0.1) is 0 Å². The third-order valence-corrected chi connectivity index (χ3v) is 8.68. The van der Waals surface area contributed by atoms with Crippen LogP contribution in [-0.2, 0) is 12.1 Å². The number of fused-ring (bicyclic) bond motifs is 1. The van der Waals surface area contributed by atoms with Crippen LogP contribution in [-0.4, -0.2) is 43.7 Å². The minimum absolute atomic E-state index is 0.241. The predicted molar refractivity (Wildman–Crippen MR) is 142 cm³/mol. The van der Waals surface area contributed by atoms with Crippen molar-refractivity contribution in [3.8, 4) is 0 Å². The molecule has 1 saturated heterocycles. The minimum atomic E-state index is -0.716. The molecule has 6 nitrogen and oxygen atoms in total. The summed E-state index contributed by atoms with van der Waals surface area (Å²) in [5, 5.41) is 1.73. The van der Waals surface area contributed by atoms with Gasteiger partial charge in [0.25, 0.3) is 0 Å². The van der Waals surface area contributed by atoms with E-state index in [0.29, 0.717) is 12.0 Å². The smallest absolute Gasteiger partial charge is 0.224 e. The van der Waals surface area contributed by atoms with E-state index >= 15 is 0 Å². The number of benzene rings is 1. The van der Waals surface area contributed by atoms with E-state index in [0.717, 1.165) is 77.7 Å².